The number of hydrogen-bond donors (Lipinski definition) is 1. The first-order chi connectivity index (χ1) is 14.5. The van der Waals surface area contributed by atoms with Crippen LogP contribution in [0.25, 0.3) is 10.8 Å². The van der Waals surface area contributed by atoms with E-state index in [1.165, 1.54) is 12.1 Å². The summed E-state index contributed by atoms with van der Waals surface area (Å²) < 4.78 is 0. The lowest BCUT2D eigenvalue weighted by Gasteiger charge is -2.18. The lowest BCUT2D eigenvalue weighted by atomic mass is 9.89. The molecule has 0 saturated heterocycles. The van der Waals surface area contributed by atoms with E-state index in [0.29, 0.717) is 37.1 Å². The first-order valence-corrected chi connectivity index (χ1v) is 9.77. The summed E-state index contributed by atoms with van der Waals surface area (Å²) in [5.41, 5.74) is 2.21. The monoisotopic (exact) mass is 400 g/mol. The molecule has 0 fully saturated rings. The van der Waals surface area contributed by atoms with Gasteiger partial charge in [0.05, 0.1) is 21.9 Å². The summed E-state index contributed by atoms with van der Waals surface area (Å²) in [4.78, 5) is 27.7. The maximum Gasteiger partial charge on any atom is 0.269 e. The summed E-state index contributed by atoms with van der Waals surface area (Å²) in [7, 11) is 0. The van der Waals surface area contributed by atoms with Crippen LogP contribution >= 0.6 is 0 Å². The Morgan fingerprint density at radius 3 is 2.47 bits per heavy atom. The minimum atomic E-state index is -0.469. The van der Waals surface area contributed by atoms with Gasteiger partial charge in [-0.15, -0.1) is 0 Å². The number of ketones is 1. The minimum Gasteiger partial charge on any atom is -0.511 e. The summed E-state index contributed by atoms with van der Waals surface area (Å²) >= 11 is 0. The molecule has 30 heavy (non-hydrogen) atoms. The molecule has 1 aliphatic carbocycles. The van der Waals surface area contributed by atoms with Crippen LogP contribution in [0.2, 0.25) is 0 Å². The van der Waals surface area contributed by atoms with E-state index in [0.717, 1.165) is 16.3 Å². The number of nitro benzene ring substituents is 1. The quantitative estimate of drug-likeness (QED) is 0.341. The van der Waals surface area contributed by atoms with E-state index in [1.807, 2.05) is 42.5 Å². The van der Waals surface area contributed by atoms with Gasteiger partial charge in [-0.05, 0) is 34.9 Å². The van der Waals surface area contributed by atoms with E-state index in [2.05, 4.69) is 4.99 Å². The molecular formula is C24H20N2O4. The van der Waals surface area contributed by atoms with Gasteiger partial charge in [0.25, 0.3) is 5.69 Å². The minimum absolute atomic E-state index is 0.0274. The molecule has 0 bridgehead atoms. The normalized spacial score (nSPS) is 14.9. The van der Waals surface area contributed by atoms with Gasteiger partial charge in [0.2, 0.25) is 0 Å². The molecule has 0 aromatic heterocycles. The second-order valence-electron chi connectivity index (χ2n) is 7.25. The van der Waals surface area contributed by atoms with Gasteiger partial charge in [-0.3, -0.25) is 19.9 Å². The van der Waals surface area contributed by atoms with Crippen LogP contribution in [0.15, 0.2) is 83.1 Å². The number of allylic oxidation sites excluding steroid dienone is 2. The Balaban J connectivity index is 1.81. The molecule has 0 saturated carbocycles. The number of benzene rings is 3. The van der Waals surface area contributed by atoms with Crippen molar-refractivity contribution in [3.05, 3.63) is 93.7 Å². The number of aliphatic hydroxyl groups is 1. The van der Waals surface area contributed by atoms with Crippen LogP contribution < -0.4 is 0 Å². The lowest BCUT2D eigenvalue weighted by molar-refractivity contribution is -0.384. The van der Waals surface area contributed by atoms with Crippen LogP contribution in [0.3, 0.4) is 0 Å². The lowest BCUT2D eigenvalue weighted by Crippen LogP contribution is -2.21. The third-order valence-electron chi connectivity index (χ3n) is 5.24. The molecule has 0 heterocycles. The van der Waals surface area contributed by atoms with Gasteiger partial charge in [0, 0.05) is 31.4 Å². The fourth-order valence-electron chi connectivity index (χ4n) is 3.77. The summed E-state index contributed by atoms with van der Waals surface area (Å²) in [5, 5.41) is 23.5. The van der Waals surface area contributed by atoms with Gasteiger partial charge < -0.3 is 5.11 Å². The molecule has 3 aromatic rings. The molecular weight excluding hydrogens is 380 g/mol. The third kappa shape index (κ3) is 3.98. The smallest absolute Gasteiger partial charge is 0.269 e. The number of carbonyl (C=O) groups excluding carboxylic acids is 1. The van der Waals surface area contributed by atoms with Gasteiger partial charge in [0.15, 0.2) is 5.78 Å². The molecule has 1 aliphatic rings. The van der Waals surface area contributed by atoms with Crippen LogP contribution in [-0.4, -0.2) is 21.5 Å². The van der Waals surface area contributed by atoms with Crippen LogP contribution in [0.4, 0.5) is 11.4 Å². The topological polar surface area (TPSA) is 92.8 Å². The molecule has 0 aliphatic heterocycles. The molecule has 6 nitrogen and oxygen atoms in total. The molecule has 4 rings (SSSR count). The van der Waals surface area contributed by atoms with Crippen LogP contribution in [0.5, 0.6) is 0 Å². The summed E-state index contributed by atoms with van der Waals surface area (Å²) in [5.74, 6) is -0.0632. The number of nitrogens with zero attached hydrogens (tertiary/aromatic N) is 2. The Bertz CT molecular complexity index is 1190. The van der Waals surface area contributed by atoms with Crippen molar-refractivity contribution in [3.8, 4) is 0 Å². The number of non-ortho nitro benzene ring substituents is 1. The van der Waals surface area contributed by atoms with E-state index < -0.39 is 4.92 Å². The Labute approximate surface area is 173 Å². The van der Waals surface area contributed by atoms with E-state index in [1.54, 1.807) is 12.1 Å². The number of aliphatic hydroxyl groups excluding tert-OH is 1. The Morgan fingerprint density at radius 1 is 1.00 bits per heavy atom. The van der Waals surface area contributed by atoms with Crippen LogP contribution in [0, 0.1) is 10.1 Å². The van der Waals surface area contributed by atoms with Gasteiger partial charge >= 0.3 is 0 Å². The number of hydrogen-bond acceptors (Lipinski definition) is 5. The number of aliphatic imine (C=N–C) groups is 1. The van der Waals surface area contributed by atoms with E-state index in [-0.39, 0.29) is 22.8 Å². The SMILES string of the molecule is O=C1CCCC(O)=C1C(Cc1cccc2ccccc12)=Nc1ccc([N+](=O)[O-])cc1. The summed E-state index contributed by atoms with van der Waals surface area (Å²) in [6, 6.07) is 19.8. The summed E-state index contributed by atoms with van der Waals surface area (Å²) in [6.45, 7) is 0. The number of Topliss-reactive ketones (excluding diaryl/α,β-unsaturated/α-hetero) is 1. The fourth-order valence-corrected chi connectivity index (χ4v) is 3.77. The molecule has 1 N–H and O–H groups in total. The fraction of sp³-hybridized carbons (Fsp3) is 0.167. The highest BCUT2D eigenvalue weighted by molar-refractivity contribution is 6.24. The van der Waals surface area contributed by atoms with Crippen molar-refractivity contribution in [2.24, 2.45) is 4.99 Å². The predicted octanol–water partition coefficient (Wildman–Crippen LogP) is 5.63. The van der Waals surface area contributed by atoms with E-state index >= 15 is 0 Å². The van der Waals surface area contributed by atoms with Crippen molar-refractivity contribution >= 4 is 33.6 Å². The average molecular weight is 400 g/mol. The zero-order valence-corrected chi connectivity index (χ0v) is 16.2. The Morgan fingerprint density at radius 2 is 1.73 bits per heavy atom. The van der Waals surface area contributed by atoms with Crippen LogP contribution in [0.1, 0.15) is 24.8 Å². The van der Waals surface area contributed by atoms with Crippen LogP contribution in [-0.2, 0) is 11.2 Å². The maximum atomic E-state index is 12.6. The van der Waals surface area contributed by atoms with Gasteiger partial charge in [-0.1, -0.05) is 42.5 Å². The first kappa shape index (κ1) is 19.5. The zero-order valence-electron chi connectivity index (χ0n) is 16.2. The largest absolute Gasteiger partial charge is 0.511 e. The average Bonchev–Trinajstić information content (AvgIpc) is 2.74. The van der Waals surface area contributed by atoms with Gasteiger partial charge in [0.1, 0.15) is 5.76 Å². The van der Waals surface area contributed by atoms with Crippen molar-refractivity contribution in [3.63, 3.8) is 0 Å². The van der Waals surface area contributed by atoms with Crippen molar-refractivity contribution in [2.45, 2.75) is 25.7 Å². The van der Waals surface area contributed by atoms with E-state index in [9.17, 15) is 20.0 Å². The molecule has 6 heteroatoms. The Kier molecular flexibility index (Phi) is 5.39. The number of rotatable bonds is 5. The molecule has 0 radical (unpaired) electrons. The first-order valence-electron chi connectivity index (χ1n) is 9.77. The predicted molar refractivity (Wildman–Crippen MR) is 116 cm³/mol. The van der Waals surface area contributed by atoms with Crippen molar-refractivity contribution in [1.82, 2.24) is 0 Å². The highest BCUT2D eigenvalue weighted by atomic mass is 16.6. The Hall–Kier alpha value is -3.80. The molecule has 0 atom stereocenters. The molecule has 3 aromatic carbocycles. The van der Waals surface area contributed by atoms with Gasteiger partial charge in [-0.25, -0.2) is 0 Å². The second kappa shape index (κ2) is 8.29. The number of carbonyl (C=O) groups is 1. The van der Waals surface area contributed by atoms with Gasteiger partial charge in [-0.2, -0.15) is 0 Å². The second-order valence-corrected chi connectivity index (χ2v) is 7.25. The maximum absolute atomic E-state index is 12.6. The molecule has 0 spiro atoms. The van der Waals surface area contributed by atoms with E-state index in [4.69, 9.17) is 0 Å². The standard InChI is InChI=1S/C24H20N2O4/c27-22-9-4-10-23(28)24(22)21(25-18-11-13-19(14-12-18)26(29)30)15-17-7-3-6-16-5-1-2-8-20(16)17/h1-3,5-8,11-14,27H,4,9-10,15H2. The van der Waals surface area contributed by atoms with Crippen molar-refractivity contribution in [2.75, 3.05) is 0 Å². The third-order valence-corrected chi connectivity index (χ3v) is 5.24. The number of fused-ring (bicyclic) bond motifs is 1. The highest BCUT2D eigenvalue weighted by Gasteiger charge is 2.25. The van der Waals surface area contributed by atoms with Crippen molar-refractivity contribution < 1.29 is 14.8 Å². The van der Waals surface area contributed by atoms with Crippen molar-refractivity contribution in [1.29, 1.82) is 0 Å². The molecule has 0 amide bonds. The summed E-state index contributed by atoms with van der Waals surface area (Å²) in [6.07, 6.45) is 1.79. The zero-order chi connectivity index (χ0) is 21.1. The molecule has 0 unspecified atom stereocenters. The molecule has 150 valence electrons. The highest BCUT2D eigenvalue weighted by Crippen LogP contribution is 2.28. The number of nitro groups is 1.